The van der Waals surface area contributed by atoms with Crippen molar-refractivity contribution in [1.29, 1.82) is 0 Å². The Hall–Kier alpha value is -1.22. The van der Waals surface area contributed by atoms with E-state index in [9.17, 15) is 0 Å². The van der Waals surface area contributed by atoms with E-state index in [1.165, 1.54) is 37.7 Å². The molecule has 0 amide bonds. The number of likely N-dealkylation sites (N-methyl/N-ethyl adjacent to an activating group) is 1. The van der Waals surface area contributed by atoms with Gasteiger partial charge < -0.3 is 15.4 Å². The van der Waals surface area contributed by atoms with Crippen LogP contribution < -0.4 is 10.5 Å². The maximum atomic E-state index is 5.99. The van der Waals surface area contributed by atoms with Crippen molar-refractivity contribution in [1.82, 2.24) is 4.90 Å². The highest BCUT2D eigenvalue weighted by Crippen LogP contribution is 2.26. The molecule has 3 heteroatoms. The van der Waals surface area contributed by atoms with E-state index in [2.05, 4.69) is 24.9 Å². The van der Waals surface area contributed by atoms with Crippen LogP contribution in [0, 0.1) is 0 Å². The van der Waals surface area contributed by atoms with Crippen molar-refractivity contribution in [3.05, 3.63) is 23.8 Å². The molecule has 0 spiro atoms. The highest BCUT2D eigenvalue weighted by atomic mass is 16.5. The predicted octanol–water partition coefficient (Wildman–Crippen LogP) is 3.47. The van der Waals surface area contributed by atoms with Crippen LogP contribution in [0.4, 0.5) is 5.69 Å². The van der Waals surface area contributed by atoms with E-state index in [1.807, 2.05) is 12.1 Å². The van der Waals surface area contributed by atoms with Crippen LogP contribution in [0.5, 0.6) is 5.75 Å². The number of hydrogen-bond acceptors (Lipinski definition) is 3. The molecule has 0 aliphatic heterocycles. The molecule has 112 valence electrons. The normalized spacial score (nSPS) is 18.2. The molecule has 0 heterocycles. The Morgan fingerprint density at radius 2 is 2.00 bits per heavy atom. The van der Waals surface area contributed by atoms with Crippen molar-refractivity contribution >= 4 is 5.69 Å². The van der Waals surface area contributed by atoms with E-state index in [0.717, 1.165) is 23.9 Å². The molecule has 0 aromatic heterocycles. The van der Waals surface area contributed by atoms with Crippen molar-refractivity contribution in [2.24, 2.45) is 0 Å². The SMILES string of the molecule is COc1ccc(CC(C)N(C)C2CCCCC2)cc1N. The molecular weight excluding hydrogens is 248 g/mol. The van der Waals surface area contributed by atoms with Crippen LogP contribution in [-0.4, -0.2) is 31.1 Å². The molecule has 1 fully saturated rings. The van der Waals surface area contributed by atoms with Crippen LogP contribution in [0.3, 0.4) is 0 Å². The van der Waals surface area contributed by atoms with E-state index < -0.39 is 0 Å². The van der Waals surface area contributed by atoms with Gasteiger partial charge in [0.2, 0.25) is 0 Å². The molecule has 3 nitrogen and oxygen atoms in total. The van der Waals surface area contributed by atoms with Gasteiger partial charge in [-0.25, -0.2) is 0 Å². The third-order valence-corrected chi connectivity index (χ3v) is 4.67. The second-order valence-corrected chi connectivity index (χ2v) is 6.09. The lowest BCUT2D eigenvalue weighted by Crippen LogP contribution is -2.40. The molecule has 1 aromatic rings. The third-order valence-electron chi connectivity index (χ3n) is 4.67. The molecule has 0 bridgehead atoms. The Bertz CT molecular complexity index is 427. The minimum absolute atomic E-state index is 0.547. The number of hydrogen-bond donors (Lipinski definition) is 1. The Morgan fingerprint density at radius 3 is 2.60 bits per heavy atom. The van der Waals surface area contributed by atoms with Crippen LogP contribution in [0.15, 0.2) is 18.2 Å². The van der Waals surface area contributed by atoms with Crippen LogP contribution in [0.2, 0.25) is 0 Å². The van der Waals surface area contributed by atoms with Crippen LogP contribution >= 0.6 is 0 Å². The fourth-order valence-electron chi connectivity index (χ4n) is 3.24. The summed E-state index contributed by atoms with van der Waals surface area (Å²) in [6.45, 7) is 2.31. The maximum Gasteiger partial charge on any atom is 0.141 e. The van der Waals surface area contributed by atoms with E-state index >= 15 is 0 Å². The van der Waals surface area contributed by atoms with Crippen LogP contribution in [0.1, 0.15) is 44.6 Å². The van der Waals surface area contributed by atoms with Gasteiger partial charge in [0.1, 0.15) is 5.75 Å². The van der Waals surface area contributed by atoms with Gasteiger partial charge in [0.25, 0.3) is 0 Å². The number of nitrogens with two attached hydrogens (primary N) is 1. The average molecular weight is 276 g/mol. The van der Waals surface area contributed by atoms with E-state index in [0.29, 0.717) is 6.04 Å². The molecule has 1 aliphatic rings. The summed E-state index contributed by atoms with van der Waals surface area (Å²) in [6.07, 6.45) is 7.93. The zero-order valence-corrected chi connectivity index (χ0v) is 13.1. The fraction of sp³-hybridized carbons (Fsp3) is 0.647. The van der Waals surface area contributed by atoms with Crippen molar-refractivity contribution in [3.8, 4) is 5.75 Å². The molecule has 1 atom stereocenters. The molecule has 1 saturated carbocycles. The first kappa shape index (κ1) is 15.2. The molecule has 0 saturated heterocycles. The smallest absolute Gasteiger partial charge is 0.141 e. The largest absolute Gasteiger partial charge is 0.495 e. The Morgan fingerprint density at radius 1 is 1.30 bits per heavy atom. The number of anilines is 1. The molecule has 0 radical (unpaired) electrons. The first-order valence-corrected chi connectivity index (χ1v) is 7.76. The Labute approximate surface area is 123 Å². The van der Waals surface area contributed by atoms with E-state index in [1.54, 1.807) is 7.11 Å². The topological polar surface area (TPSA) is 38.5 Å². The quantitative estimate of drug-likeness (QED) is 0.837. The minimum Gasteiger partial charge on any atom is -0.495 e. The summed E-state index contributed by atoms with van der Waals surface area (Å²) >= 11 is 0. The number of nitrogen functional groups attached to an aromatic ring is 1. The lowest BCUT2D eigenvalue weighted by molar-refractivity contribution is 0.145. The summed E-state index contributed by atoms with van der Waals surface area (Å²) in [5.74, 6) is 0.766. The van der Waals surface area contributed by atoms with Gasteiger partial charge in [-0.15, -0.1) is 0 Å². The monoisotopic (exact) mass is 276 g/mol. The summed E-state index contributed by atoms with van der Waals surface area (Å²) in [4.78, 5) is 2.56. The molecule has 20 heavy (non-hydrogen) atoms. The molecule has 1 aromatic carbocycles. The number of nitrogens with zero attached hydrogens (tertiary/aromatic N) is 1. The average Bonchev–Trinajstić information content (AvgIpc) is 2.47. The van der Waals surface area contributed by atoms with Crippen molar-refractivity contribution in [2.45, 2.75) is 57.5 Å². The minimum atomic E-state index is 0.547. The van der Waals surface area contributed by atoms with Gasteiger partial charge in [0.05, 0.1) is 12.8 Å². The molecule has 1 unspecified atom stereocenters. The van der Waals surface area contributed by atoms with Gasteiger partial charge in [-0.3, -0.25) is 0 Å². The zero-order chi connectivity index (χ0) is 14.5. The predicted molar refractivity (Wildman–Crippen MR) is 85.2 cm³/mol. The highest BCUT2D eigenvalue weighted by molar-refractivity contribution is 5.54. The van der Waals surface area contributed by atoms with E-state index in [4.69, 9.17) is 10.5 Å². The first-order chi connectivity index (χ1) is 9.61. The van der Waals surface area contributed by atoms with Crippen LogP contribution in [-0.2, 0) is 6.42 Å². The van der Waals surface area contributed by atoms with Crippen molar-refractivity contribution in [2.75, 3.05) is 19.9 Å². The lowest BCUT2D eigenvalue weighted by atomic mass is 9.93. The van der Waals surface area contributed by atoms with E-state index in [-0.39, 0.29) is 0 Å². The number of methoxy groups -OCH3 is 1. The third kappa shape index (κ3) is 3.66. The molecular formula is C17H28N2O. The van der Waals surface area contributed by atoms with Gasteiger partial charge in [0, 0.05) is 12.1 Å². The number of ether oxygens (including phenoxy) is 1. The lowest BCUT2D eigenvalue weighted by Gasteiger charge is -2.35. The van der Waals surface area contributed by atoms with Gasteiger partial charge in [-0.2, -0.15) is 0 Å². The van der Waals surface area contributed by atoms with Gasteiger partial charge in [0.15, 0.2) is 0 Å². The van der Waals surface area contributed by atoms with Crippen molar-refractivity contribution < 1.29 is 4.74 Å². The summed E-state index contributed by atoms with van der Waals surface area (Å²) in [6, 6.07) is 7.45. The maximum absolute atomic E-state index is 5.99. The number of benzene rings is 1. The van der Waals surface area contributed by atoms with Gasteiger partial charge >= 0.3 is 0 Å². The second-order valence-electron chi connectivity index (χ2n) is 6.09. The highest BCUT2D eigenvalue weighted by Gasteiger charge is 2.22. The zero-order valence-electron chi connectivity index (χ0n) is 13.1. The standard InChI is InChI=1S/C17H28N2O/c1-13(19(2)15-7-5-4-6-8-15)11-14-9-10-17(20-3)16(18)12-14/h9-10,12-13,15H,4-8,11,18H2,1-3H3. The molecule has 2 N–H and O–H groups in total. The summed E-state index contributed by atoms with van der Waals surface area (Å²) in [5.41, 5.74) is 8.01. The summed E-state index contributed by atoms with van der Waals surface area (Å²) in [5, 5.41) is 0. The van der Waals surface area contributed by atoms with Crippen molar-refractivity contribution in [3.63, 3.8) is 0 Å². The first-order valence-electron chi connectivity index (χ1n) is 7.76. The second kappa shape index (κ2) is 6.98. The summed E-state index contributed by atoms with van der Waals surface area (Å²) in [7, 11) is 3.93. The molecule has 2 rings (SSSR count). The number of rotatable bonds is 5. The molecule has 1 aliphatic carbocycles. The fourth-order valence-corrected chi connectivity index (χ4v) is 3.24. The Kier molecular flexibility index (Phi) is 5.30. The Balaban J connectivity index is 1.96. The summed E-state index contributed by atoms with van der Waals surface area (Å²) < 4.78 is 5.21. The van der Waals surface area contributed by atoms with Gasteiger partial charge in [-0.1, -0.05) is 25.3 Å². The van der Waals surface area contributed by atoms with Gasteiger partial charge in [-0.05, 0) is 50.9 Å². The van der Waals surface area contributed by atoms with Crippen LogP contribution in [0.25, 0.3) is 0 Å².